The van der Waals surface area contributed by atoms with Crippen molar-refractivity contribution in [1.29, 1.82) is 0 Å². The number of carbonyl (C=O) groups is 1. The topological polar surface area (TPSA) is 26.3 Å². The molecule has 5 heteroatoms. The molecule has 0 aliphatic heterocycles. The Morgan fingerprint density at radius 2 is 2.00 bits per heavy atom. The molecule has 0 aliphatic carbocycles. The third kappa shape index (κ3) is 2.74. The highest BCUT2D eigenvalue weighted by molar-refractivity contribution is 5.67. The van der Waals surface area contributed by atoms with Crippen LogP contribution in [0.4, 0.5) is 13.2 Å². The number of aldehydes is 1. The fourth-order valence-electron chi connectivity index (χ4n) is 1.26. The monoisotopic (exact) mass is 232 g/mol. The summed E-state index contributed by atoms with van der Waals surface area (Å²) in [4.78, 5) is 10.7. The molecule has 0 N–H and O–H groups in total. The molecular weight excluding hydrogens is 221 g/mol. The highest BCUT2D eigenvalue weighted by Crippen LogP contribution is 2.27. The van der Waals surface area contributed by atoms with E-state index < -0.39 is 17.8 Å². The maximum absolute atomic E-state index is 13.5. The minimum atomic E-state index is -3.00. The van der Waals surface area contributed by atoms with Crippen molar-refractivity contribution in [1.82, 2.24) is 0 Å². The maximum Gasteiger partial charge on any atom is 0.387 e. The zero-order chi connectivity index (χ0) is 12.3. The number of alkyl halides is 2. The van der Waals surface area contributed by atoms with Crippen molar-refractivity contribution < 1.29 is 22.7 Å². The minimum Gasteiger partial charge on any atom is -0.435 e. The standard InChI is InChI=1S/C11H11F3O2/c1-11(2,6-15)8-4-3-7(5-9(8)12)16-10(13)14/h3-6,10H,1-2H3. The summed E-state index contributed by atoms with van der Waals surface area (Å²) in [5.74, 6) is -1.01. The van der Waals surface area contributed by atoms with Crippen LogP contribution in [-0.2, 0) is 10.2 Å². The van der Waals surface area contributed by atoms with E-state index in [0.717, 1.165) is 6.07 Å². The van der Waals surface area contributed by atoms with Gasteiger partial charge in [0.25, 0.3) is 0 Å². The Bertz CT molecular complexity index is 389. The van der Waals surface area contributed by atoms with Crippen molar-refractivity contribution in [3.05, 3.63) is 29.6 Å². The molecule has 0 heterocycles. The summed E-state index contributed by atoms with van der Waals surface area (Å²) in [5, 5.41) is 0. The second-order valence-corrected chi connectivity index (χ2v) is 3.86. The number of ether oxygens (including phenoxy) is 1. The number of carbonyl (C=O) groups excluding carboxylic acids is 1. The Balaban J connectivity index is 3.05. The molecule has 0 saturated carbocycles. The summed E-state index contributed by atoms with van der Waals surface area (Å²) in [6, 6.07) is 3.31. The molecule has 16 heavy (non-hydrogen) atoms. The summed E-state index contributed by atoms with van der Waals surface area (Å²) >= 11 is 0. The molecule has 0 aromatic heterocycles. The first-order valence-electron chi connectivity index (χ1n) is 4.58. The van der Waals surface area contributed by atoms with Crippen molar-refractivity contribution in [3.63, 3.8) is 0 Å². The van der Waals surface area contributed by atoms with E-state index in [0.29, 0.717) is 6.29 Å². The highest BCUT2D eigenvalue weighted by atomic mass is 19.3. The third-order valence-corrected chi connectivity index (χ3v) is 2.15. The van der Waals surface area contributed by atoms with Crippen LogP contribution in [0.3, 0.4) is 0 Å². The van der Waals surface area contributed by atoms with Gasteiger partial charge in [0.1, 0.15) is 17.9 Å². The average molecular weight is 232 g/mol. The van der Waals surface area contributed by atoms with Gasteiger partial charge in [0.2, 0.25) is 0 Å². The molecule has 1 aromatic rings. The summed E-state index contributed by atoms with van der Waals surface area (Å²) in [5.41, 5.74) is -0.850. The van der Waals surface area contributed by atoms with E-state index in [4.69, 9.17) is 0 Å². The van der Waals surface area contributed by atoms with Crippen molar-refractivity contribution in [2.75, 3.05) is 0 Å². The van der Waals surface area contributed by atoms with Crippen molar-refractivity contribution in [2.24, 2.45) is 0 Å². The van der Waals surface area contributed by atoms with Crippen LogP contribution in [0.15, 0.2) is 18.2 Å². The Morgan fingerprint density at radius 1 is 1.38 bits per heavy atom. The normalized spacial score (nSPS) is 11.6. The zero-order valence-corrected chi connectivity index (χ0v) is 8.84. The molecular formula is C11H11F3O2. The van der Waals surface area contributed by atoms with Crippen LogP contribution in [0.25, 0.3) is 0 Å². The van der Waals surface area contributed by atoms with E-state index in [1.807, 2.05) is 0 Å². The van der Waals surface area contributed by atoms with Crippen molar-refractivity contribution in [3.8, 4) is 5.75 Å². The molecule has 0 aliphatic rings. The SMILES string of the molecule is CC(C)(C=O)c1ccc(OC(F)F)cc1F. The highest BCUT2D eigenvalue weighted by Gasteiger charge is 2.23. The number of rotatable bonds is 4. The molecule has 1 aromatic carbocycles. The largest absolute Gasteiger partial charge is 0.435 e. The lowest BCUT2D eigenvalue weighted by Gasteiger charge is -2.18. The first kappa shape index (κ1) is 12.5. The van der Waals surface area contributed by atoms with Crippen LogP contribution in [0, 0.1) is 5.82 Å². The van der Waals surface area contributed by atoms with E-state index >= 15 is 0 Å². The molecule has 0 radical (unpaired) electrons. The number of benzene rings is 1. The minimum absolute atomic E-state index is 0.143. The zero-order valence-electron chi connectivity index (χ0n) is 8.84. The van der Waals surface area contributed by atoms with Gasteiger partial charge >= 0.3 is 6.61 Å². The Kier molecular flexibility index (Phi) is 3.57. The lowest BCUT2D eigenvalue weighted by molar-refractivity contribution is -0.111. The molecule has 0 saturated heterocycles. The van der Waals surface area contributed by atoms with Crippen LogP contribution < -0.4 is 4.74 Å². The fourth-order valence-corrected chi connectivity index (χ4v) is 1.26. The molecule has 0 atom stereocenters. The number of hydrogen-bond acceptors (Lipinski definition) is 2. The first-order valence-corrected chi connectivity index (χ1v) is 4.58. The lowest BCUT2D eigenvalue weighted by atomic mass is 9.86. The summed E-state index contributed by atoms with van der Waals surface area (Å²) in [7, 11) is 0. The predicted octanol–water partition coefficient (Wildman–Crippen LogP) is 2.90. The second kappa shape index (κ2) is 4.55. The summed E-state index contributed by atoms with van der Waals surface area (Å²) in [6.07, 6.45) is 0.596. The molecule has 0 fully saturated rings. The number of hydrogen-bond donors (Lipinski definition) is 0. The Hall–Kier alpha value is -1.52. The van der Waals surface area contributed by atoms with E-state index in [9.17, 15) is 18.0 Å². The van der Waals surface area contributed by atoms with E-state index in [1.165, 1.54) is 26.0 Å². The first-order chi connectivity index (χ1) is 7.36. The van der Waals surface area contributed by atoms with Gasteiger partial charge in [0.05, 0.1) is 0 Å². The van der Waals surface area contributed by atoms with Gasteiger partial charge in [-0.1, -0.05) is 6.07 Å². The molecule has 0 spiro atoms. The fraction of sp³-hybridized carbons (Fsp3) is 0.364. The van der Waals surface area contributed by atoms with Gasteiger partial charge in [0, 0.05) is 17.0 Å². The van der Waals surface area contributed by atoms with Crippen LogP contribution in [0.1, 0.15) is 19.4 Å². The molecule has 0 unspecified atom stereocenters. The van der Waals surface area contributed by atoms with E-state index in [2.05, 4.69) is 4.74 Å². The van der Waals surface area contributed by atoms with E-state index in [1.54, 1.807) is 0 Å². The second-order valence-electron chi connectivity index (χ2n) is 3.86. The predicted molar refractivity (Wildman–Crippen MR) is 52.1 cm³/mol. The number of halogens is 3. The summed E-state index contributed by atoms with van der Waals surface area (Å²) < 4.78 is 41.2. The maximum atomic E-state index is 13.5. The van der Waals surface area contributed by atoms with Gasteiger partial charge in [-0.15, -0.1) is 0 Å². The van der Waals surface area contributed by atoms with Gasteiger partial charge in [0.15, 0.2) is 0 Å². The molecule has 2 nitrogen and oxygen atoms in total. The van der Waals surface area contributed by atoms with Gasteiger partial charge in [-0.25, -0.2) is 4.39 Å². The van der Waals surface area contributed by atoms with Crippen LogP contribution in [0.5, 0.6) is 5.75 Å². The molecule has 88 valence electrons. The average Bonchev–Trinajstić information content (AvgIpc) is 2.16. The van der Waals surface area contributed by atoms with Gasteiger partial charge < -0.3 is 9.53 Å². The van der Waals surface area contributed by atoms with Crippen LogP contribution >= 0.6 is 0 Å². The van der Waals surface area contributed by atoms with E-state index in [-0.39, 0.29) is 11.3 Å². The molecule has 0 amide bonds. The third-order valence-electron chi connectivity index (χ3n) is 2.15. The van der Waals surface area contributed by atoms with Gasteiger partial charge in [-0.2, -0.15) is 8.78 Å². The quantitative estimate of drug-likeness (QED) is 0.746. The molecule has 0 bridgehead atoms. The van der Waals surface area contributed by atoms with Crippen LogP contribution in [-0.4, -0.2) is 12.9 Å². The van der Waals surface area contributed by atoms with Gasteiger partial charge in [-0.05, 0) is 19.9 Å². The smallest absolute Gasteiger partial charge is 0.387 e. The van der Waals surface area contributed by atoms with Crippen LogP contribution in [0.2, 0.25) is 0 Å². The Morgan fingerprint density at radius 3 is 2.44 bits per heavy atom. The summed E-state index contributed by atoms with van der Waals surface area (Å²) in [6.45, 7) is 0.0716. The molecule has 1 rings (SSSR count). The lowest BCUT2D eigenvalue weighted by Crippen LogP contribution is -2.20. The Labute approximate surface area is 91.0 Å². The van der Waals surface area contributed by atoms with Crippen molar-refractivity contribution >= 4 is 6.29 Å². The van der Waals surface area contributed by atoms with Gasteiger partial charge in [-0.3, -0.25) is 0 Å². The van der Waals surface area contributed by atoms with Crippen molar-refractivity contribution in [2.45, 2.75) is 25.9 Å².